The largest absolute Gasteiger partial charge is 0.496 e. The van der Waals surface area contributed by atoms with Crippen molar-refractivity contribution in [2.24, 2.45) is 11.7 Å². The van der Waals surface area contributed by atoms with E-state index >= 15 is 0 Å². The van der Waals surface area contributed by atoms with Crippen molar-refractivity contribution in [3.63, 3.8) is 0 Å². The molecule has 1 heterocycles. The van der Waals surface area contributed by atoms with Gasteiger partial charge in [-0.05, 0) is 43.5 Å². The van der Waals surface area contributed by atoms with Crippen LogP contribution in [0.3, 0.4) is 0 Å². The lowest BCUT2D eigenvalue weighted by Crippen LogP contribution is -2.41. The Morgan fingerprint density at radius 1 is 1.30 bits per heavy atom. The van der Waals surface area contributed by atoms with Crippen LogP contribution in [0.4, 0.5) is 0 Å². The Kier molecular flexibility index (Phi) is 4.27. The van der Waals surface area contributed by atoms with E-state index in [-0.39, 0.29) is 17.7 Å². The first kappa shape index (κ1) is 14.4. The van der Waals surface area contributed by atoms with Gasteiger partial charge in [0.05, 0.1) is 7.11 Å². The van der Waals surface area contributed by atoms with Crippen LogP contribution < -0.4 is 10.5 Å². The van der Waals surface area contributed by atoms with Crippen LogP contribution in [0.15, 0.2) is 18.2 Å². The number of aryl methyl sites for hydroxylation is 1. The highest BCUT2D eigenvalue weighted by Crippen LogP contribution is 2.22. The third-order valence-corrected chi connectivity index (χ3v) is 3.83. The number of likely N-dealkylation sites (tertiary alicyclic amines) is 1. The summed E-state index contributed by atoms with van der Waals surface area (Å²) in [6.45, 7) is 3.07. The lowest BCUT2D eigenvalue weighted by atomic mass is 9.95. The Morgan fingerprint density at radius 3 is 2.45 bits per heavy atom. The summed E-state index contributed by atoms with van der Waals surface area (Å²) >= 11 is 0. The number of rotatable bonds is 3. The molecule has 1 fully saturated rings. The SMILES string of the molecule is COc1ccc(C(=O)N2CCC(C(N)=O)CC2)cc1C. The summed E-state index contributed by atoms with van der Waals surface area (Å²) in [5.74, 6) is 0.404. The van der Waals surface area contributed by atoms with E-state index in [9.17, 15) is 9.59 Å². The zero-order valence-electron chi connectivity index (χ0n) is 11.9. The van der Waals surface area contributed by atoms with Gasteiger partial charge in [0, 0.05) is 24.6 Å². The summed E-state index contributed by atoms with van der Waals surface area (Å²) in [7, 11) is 1.61. The van der Waals surface area contributed by atoms with Crippen molar-refractivity contribution in [2.45, 2.75) is 19.8 Å². The predicted octanol–water partition coefficient (Wildman–Crippen LogP) is 1.34. The van der Waals surface area contributed by atoms with Gasteiger partial charge in [-0.25, -0.2) is 0 Å². The Labute approximate surface area is 118 Å². The molecule has 0 saturated carbocycles. The summed E-state index contributed by atoms with van der Waals surface area (Å²) in [5, 5.41) is 0. The Morgan fingerprint density at radius 2 is 1.95 bits per heavy atom. The molecule has 1 aromatic rings. The van der Waals surface area contributed by atoms with E-state index in [1.54, 1.807) is 24.1 Å². The number of carbonyl (C=O) groups excluding carboxylic acids is 2. The molecule has 2 amide bonds. The van der Waals surface area contributed by atoms with Gasteiger partial charge in [0.1, 0.15) is 5.75 Å². The molecule has 0 spiro atoms. The van der Waals surface area contributed by atoms with Gasteiger partial charge in [0.15, 0.2) is 0 Å². The zero-order chi connectivity index (χ0) is 14.7. The number of nitrogens with two attached hydrogens (primary N) is 1. The van der Waals surface area contributed by atoms with E-state index in [4.69, 9.17) is 10.5 Å². The summed E-state index contributed by atoms with van der Waals surface area (Å²) < 4.78 is 5.19. The molecule has 1 aliphatic rings. The number of piperidine rings is 1. The molecule has 0 atom stereocenters. The monoisotopic (exact) mass is 276 g/mol. The fraction of sp³-hybridized carbons (Fsp3) is 0.467. The van der Waals surface area contributed by atoms with Crippen LogP contribution in [0.5, 0.6) is 5.75 Å². The van der Waals surface area contributed by atoms with Crippen molar-refractivity contribution in [1.82, 2.24) is 4.90 Å². The summed E-state index contributed by atoms with van der Waals surface area (Å²) in [5.41, 5.74) is 6.88. The molecular weight excluding hydrogens is 256 g/mol. The van der Waals surface area contributed by atoms with Crippen LogP contribution >= 0.6 is 0 Å². The molecule has 5 heteroatoms. The summed E-state index contributed by atoms with van der Waals surface area (Å²) in [6.07, 6.45) is 1.30. The van der Waals surface area contributed by atoms with Gasteiger partial charge < -0.3 is 15.4 Å². The summed E-state index contributed by atoms with van der Waals surface area (Å²) in [4.78, 5) is 25.3. The van der Waals surface area contributed by atoms with Gasteiger partial charge in [-0.3, -0.25) is 9.59 Å². The molecule has 1 saturated heterocycles. The average molecular weight is 276 g/mol. The molecule has 1 aliphatic heterocycles. The number of benzene rings is 1. The van der Waals surface area contributed by atoms with Crippen molar-refractivity contribution in [3.8, 4) is 5.75 Å². The molecule has 1 aromatic carbocycles. The van der Waals surface area contributed by atoms with Gasteiger partial charge in [0.25, 0.3) is 5.91 Å². The number of carbonyl (C=O) groups is 2. The Bertz CT molecular complexity index is 520. The van der Waals surface area contributed by atoms with Crippen molar-refractivity contribution < 1.29 is 14.3 Å². The van der Waals surface area contributed by atoms with Gasteiger partial charge >= 0.3 is 0 Å². The third kappa shape index (κ3) is 2.92. The van der Waals surface area contributed by atoms with Crippen molar-refractivity contribution in [2.75, 3.05) is 20.2 Å². The van der Waals surface area contributed by atoms with Crippen LogP contribution in [-0.4, -0.2) is 36.9 Å². The third-order valence-electron chi connectivity index (χ3n) is 3.83. The maximum atomic E-state index is 12.4. The molecule has 20 heavy (non-hydrogen) atoms. The van der Waals surface area contributed by atoms with Crippen LogP contribution in [0.2, 0.25) is 0 Å². The Hall–Kier alpha value is -2.04. The first-order chi connectivity index (χ1) is 9.52. The average Bonchev–Trinajstić information content (AvgIpc) is 2.46. The Balaban J connectivity index is 2.05. The van der Waals surface area contributed by atoms with E-state index in [1.807, 2.05) is 13.0 Å². The maximum Gasteiger partial charge on any atom is 0.253 e. The van der Waals surface area contributed by atoms with Crippen molar-refractivity contribution in [3.05, 3.63) is 29.3 Å². The standard InChI is InChI=1S/C15H20N2O3/c1-10-9-12(3-4-13(10)20-2)15(19)17-7-5-11(6-8-17)14(16)18/h3-4,9,11H,5-8H2,1-2H3,(H2,16,18). The van der Waals surface area contributed by atoms with E-state index in [2.05, 4.69) is 0 Å². The first-order valence-corrected chi connectivity index (χ1v) is 6.76. The first-order valence-electron chi connectivity index (χ1n) is 6.76. The second kappa shape index (κ2) is 5.94. The van der Waals surface area contributed by atoms with E-state index in [0.717, 1.165) is 11.3 Å². The van der Waals surface area contributed by atoms with Crippen LogP contribution in [0, 0.1) is 12.8 Å². The minimum Gasteiger partial charge on any atom is -0.496 e. The highest BCUT2D eigenvalue weighted by molar-refractivity contribution is 5.94. The molecule has 0 aliphatic carbocycles. The lowest BCUT2D eigenvalue weighted by Gasteiger charge is -2.30. The number of ether oxygens (including phenoxy) is 1. The van der Waals surface area contributed by atoms with Crippen LogP contribution in [0.1, 0.15) is 28.8 Å². The fourth-order valence-corrected chi connectivity index (χ4v) is 2.56. The van der Waals surface area contributed by atoms with Gasteiger partial charge in [-0.2, -0.15) is 0 Å². The quantitative estimate of drug-likeness (QED) is 0.905. The highest BCUT2D eigenvalue weighted by Gasteiger charge is 2.26. The second-order valence-corrected chi connectivity index (χ2v) is 5.15. The molecule has 0 radical (unpaired) electrons. The topological polar surface area (TPSA) is 72.6 Å². The number of amides is 2. The van der Waals surface area contributed by atoms with Crippen LogP contribution in [-0.2, 0) is 4.79 Å². The number of nitrogens with zero attached hydrogens (tertiary/aromatic N) is 1. The van der Waals surface area contributed by atoms with E-state index in [0.29, 0.717) is 31.5 Å². The van der Waals surface area contributed by atoms with Crippen LogP contribution in [0.25, 0.3) is 0 Å². The van der Waals surface area contributed by atoms with Crippen molar-refractivity contribution >= 4 is 11.8 Å². The molecule has 2 N–H and O–H groups in total. The van der Waals surface area contributed by atoms with E-state index in [1.165, 1.54) is 0 Å². The molecule has 0 bridgehead atoms. The molecule has 0 aromatic heterocycles. The molecule has 2 rings (SSSR count). The smallest absolute Gasteiger partial charge is 0.253 e. The van der Waals surface area contributed by atoms with Gasteiger partial charge in [-0.1, -0.05) is 0 Å². The number of methoxy groups -OCH3 is 1. The molecular formula is C15H20N2O3. The highest BCUT2D eigenvalue weighted by atomic mass is 16.5. The van der Waals surface area contributed by atoms with Gasteiger partial charge in [0.2, 0.25) is 5.91 Å². The predicted molar refractivity (Wildman–Crippen MR) is 75.6 cm³/mol. The van der Waals surface area contributed by atoms with Crippen molar-refractivity contribution in [1.29, 1.82) is 0 Å². The summed E-state index contributed by atoms with van der Waals surface area (Å²) in [6, 6.07) is 5.41. The second-order valence-electron chi connectivity index (χ2n) is 5.15. The number of hydrogen-bond donors (Lipinski definition) is 1. The normalized spacial score (nSPS) is 16.0. The number of hydrogen-bond acceptors (Lipinski definition) is 3. The maximum absolute atomic E-state index is 12.4. The molecule has 5 nitrogen and oxygen atoms in total. The molecule has 108 valence electrons. The van der Waals surface area contributed by atoms with Gasteiger partial charge in [-0.15, -0.1) is 0 Å². The lowest BCUT2D eigenvalue weighted by molar-refractivity contribution is -0.123. The minimum absolute atomic E-state index is 0.00123. The minimum atomic E-state index is -0.266. The number of primary amides is 1. The molecule has 0 unspecified atom stereocenters. The van der Waals surface area contributed by atoms with E-state index < -0.39 is 0 Å². The zero-order valence-corrected chi connectivity index (χ0v) is 11.9. The fourth-order valence-electron chi connectivity index (χ4n) is 2.56.